The van der Waals surface area contributed by atoms with E-state index in [1.807, 2.05) is 33.3 Å². The minimum Gasteiger partial charge on any atom is -0.456 e. The number of phosphoric acid groups is 1. The molecule has 0 aliphatic heterocycles. The Labute approximate surface area is 483 Å². The zero-order valence-electron chi connectivity index (χ0n) is 52.2. The molecule has 0 saturated heterocycles. The normalized spacial score (nSPS) is 14.0. The molecule has 0 rings (SSSR count). The zero-order valence-corrected chi connectivity index (χ0v) is 53.1. The number of amides is 1. The number of unbranched alkanes of at least 4 members (excludes halogenated alkanes) is 36. The van der Waals surface area contributed by atoms with Crippen molar-refractivity contribution in [3.8, 4) is 0 Å². The fraction of sp³-hybridized carbons (Fsp3) is 0.824. The second-order valence-electron chi connectivity index (χ2n) is 23.6. The van der Waals surface area contributed by atoms with Crippen molar-refractivity contribution in [3.63, 3.8) is 0 Å². The Morgan fingerprint density at radius 1 is 0.462 bits per heavy atom. The molecule has 0 bridgehead atoms. The van der Waals surface area contributed by atoms with Crippen LogP contribution < -0.4 is 5.32 Å². The van der Waals surface area contributed by atoms with E-state index in [1.165, 1.54) is 186 Å². The summed E-state index contributed by atoms with van der Waals surface area (Å²) in [5, 5.41) is 3.07. The molecule has 9 nitrogen and oxygen atoms in total. The lowest BCUT2D eigenvalue weighted by atomic mass is 10.0. The summed E-state index contributed by atoms with van der Waals surface area (Å²) in [5.41, 5.74) is 0. The van der Waals surface area contributed by atoms with Gasteiger partial charge in [-0.05, 0) is 89.5 Å². The van der Waals surface area contributed by atoms with Crippen LogP contribution in [0.3, 0.4) is 0 Å². The highest BCUT2D eigenvalue weighted by Gasteiger charge is 2.30. The summed E-state index contributed by atoms with van der Waals surface area (Å²) in [7, 11) is 1.50. The van der Waals surface area contributed by atoms with Crippen LogP contribution >= 0.6 is 7.82 Å². The average molecular weight is 1120 g/mol. The fourth-order valence-electron chi connectivity index (χ4n) is 9.60. The van der Waals surface area contributed by atoms with Gasteiger partial charge in [-0.1, -0.05) is 268 Å². The smallest absolute Gasteiger partial charge is 0.456 e. The van der Waals surface area contributed by atoms with Gasteiger partial charge in [-0.3, -0.25) is 18.6 Å². The van der Waals surface area contributed by atoms with Crippen molar-refractivity contribution >= 4 is 19.7 Å². The number of ether oxygens (including phenoxy) is 1. The van der Waals surface area contributed by atoms with Gasteiger partial charge in [0.15, 0.2) is 0 Å². The SMILES string of the molecule is CC/C=C/C/C=C/CCCCCCCCCC(=O)OC(/C=C\CCCCCCCCCCCCC)C(COP(=O)(O)OCC[N+](C)(C)C)NC(=O)CCCCCCCCCCCCCCCCC/C=C\C/C=C\CCCCC. The van der Waals surface area contributed by atoms with Crippen LogP contribution in [0.15, 0.2) is 60.8 Å². The number of likely N-dealkylation sites (N-methyl/N-ethyl adjacent to an activating group) is 1. The van der Waals surface area contributed by atoms with Gasteiger partial charge in [0, 0.05) is 12.8 Å². The van der Waals surface area contributed by atoms with Gasteiger partial charge in [0.2, 0.25) is 5.91 Å². The minimum atomic E-state index is -4.45. The molecule has 0 saturated carbocycles. The van der Waals surface area contributed by atoms with E-state index in [0.717, 1.165) is 89.9 Å². The maximum absolute atomic E-state index is 13.6. The van der Waals surface area contributed by atoms with Gasteiger partial charge < -0.3 is 19.4 Å². The highest BCUT2D eigenvalue weighted by atomic mass is 31.2. The van der Waals surface area contributed by atoms with Gasteiger partial charge in [-0.2, -0.15) is 0 Å². The molecule has 1 amide bonds. The molecule has 0 aliphatic carbocycles. The molecule has 0 aromatic rings. The summed E-state index contributed by atoms with van der Waals surface area (Å²) < 4.78 is 30.7. The Hall–Kier alpha value is -2.29. The molecule has 0 radical (unpaired) electrons. The van der Waals surface area contributed by atoms with Crippen molar-refractivity contribution in [3.05, 3.63) is 60.8 Å². The van der Waals surface area contributed by atoms with E-state index in [2.05, 4.69) is 74.7 Å². The number of nitrogens with zero attached hydrogens (tertiary/aromatic N) is 1. The van der Waals surface area contributed by atoms with E-state index in [1.54, 1.807) is 0 Å². The van der Waals surface area contributed by atoms with Crippen molar-refractivity contribution < 1.29 is 37.3 Å². The first-order valence-electron chi connectivity index (χ1n) is 33.1. The van der Waals surface area contributed by atoms with Crippen LogP contribution in [-0.2, 0) is 27.9 Å². The van der Waals surface area contributed by atoms with Crippen LogP contribution in [0.25, 0.3) is 0 Å². The van der Waals surface area contributed by atoms with Crippen LogP contribution in [-0.4, -0.2) is 74.3 Å². The molecular formula is C68H128N2O7P+. The average Bonchev–Trinajstić information content (AvgIpc) is 3.40. The summed E-state index contributed by atoms with van der Waals surface area (Å²) in [6.45, 7) is 6.91. The van der Waals surface area contributed by atoms with Gasteiger partial charge in [0.25, 0.3) is 0 Å². The molecule has 3 unspecified atom stereocenters. The molecule has 78 heavy (non-hydrogen) atoms. The Balaban J connectivity index is 5.09. The Morgan fingerprint density at radius 2 is 0.821 bits per heavy atom. The third-order valence-corrected chi connectivity index (χ3v) is 15.7. The second-order valence-corrected chi connectivity index (χ2v) is 25.1. The maximum Gasteiger partial charge on any atom is 0.472 e. The number of hydrogen-bond acceptors (Lipinski definition) is 6. The number of rotatable bonds is 60. The molecule has 456 valence electrons. The van der Waals surface area contributed by atoms with Crippen molar-refractivity contribution in [1.82, 2.24) is 5.32 Å². The first-order chi connectivity index (χ1) is 37.9. The van der Waals surface area contributed by atoms with Crippen LogP contribution in [0.2, 0.25) is 0 Å². The lowest BCUT2D eigenvalue weighted by molar-refractivity contribution is -0.870. The van der Waals surface area contributed by atoms with Gasteiger partial charge >= 0.3 is 13.8 Å². The summed E-state index contributed by atoms with van der Waals surface area (Å²) in [6, 6.07) is -0.852. The molecule has 3 atom stereocenters. The minimum absolute atomic E-state index is 0.0388. The van der Waals surface area contributed by atoms with E-state index >= 15 is 0 Å². The Kier molecular flexibility index (Phi) is 56.2. The molecular weight excluding hydrogens is 988 g/mol. The van der Waals surface area contributed by atoms with Crippen LogP contribution in [0.1, 0.15) is 310 Å². The van der Waals surface area contributed by atoms with Gasteiger partial charge in [0.1, 0.15) is 19.3 Å². The predicted octanol–water partition coefficient (Wildman–Crippen LogP) is 20.6. The lowest BCUT2D eigenvalue weighted by Crippen LogP contribution is -2.47. The summed E-state index contributed by atoms with van der Waals surface area (Å²) in [4.78, 5) is 37.8. The van der Waals surface area contributed by atoms with E-state index in [9.17, 15) is 19.0 Å². The van der Waals surface area contributed by atoms with Crippen LogP contribution in [0.5, 0.6) is 0 Å². The van der Waals surface area contributed by atoms with E-state index < -0.39 is 20.0 Å². The molecule has 0 fully saturated rings. The molecule has 0 aliphatic rings. The van der Waals surface area contributed by atoms with E-state index in [4.69, 9.17) is 13.8 Å². The number of allylic oxidation sites excluding steroid dienone is 9. The number of nitrogens with one attached hydrogen (secondary N) is 1. The van der Waals surface area contributed by atoms with Crippen molar-refractivity contribution in [1.29, 1.82) is 0 Å². The summed E-state index contributed by atoms with van der Waals surface area (Å²) >= 11 is 0. The summed E-state index contributed by atoms with van der Waals surface area (Å²) in [6.07, 6.45) is 73.7. The second kappa shape index (κ2) is 57.9. The van der Waals surface area contributed by atoms with E-state index in [0.29, 0.717) is 17.4 Å². The van der Waals surface area contributed by atoms with Crippen molar-refractivity contribution in [2.45, 2.75) is 322 Å². The molecule has 10 heteroatoms. The standard InChI is InChI=1S/C68H127N2O7P/c1-7-10-13-16-19-22-25-28-30-31-32-33-34-35-36-37-38-39-40-42-45-48-51-54-57-60-67(71)69-65(64-76-78(73,74)75-63-62-70(4,5)6)66(59-56-53-50-47-44-41-27-24-21-18-15-12-9-3)77-68(72)61-58-55-52-49-46-43-29-26-23-20-17-14-11-8-2/h11,14,19-20,22-23,28,30,56,59,65-66H,7-10,12-13,15-18,21,24-27,29,31-55,57-58,60-64H2,1-6H3,(H-,69,71,73,74)/p+1/b14-11+,22-19-,23-20+,30-28-,59-56-. The molecule has 0 aromatic heterocycles. The Bertz CT molecular complexity index is 1520. The number of quaternary nitrogens is 1. The number of carbonyl (C=O) groups excluding carboxylic acids is 2. The topological polar surface area (TPSA) is 111 Å². The highest BCUT2D eigenvalue weighted by molar-refractivity contribution is 7.47. The van der Waals surface area contributed by atoms with Gasteiger partial charge in [-0.15, -0.1) is 0 Å². The molecule has 0 heterocycles. The highest BCUT2D eigenvalue weighted by Crippen LogP contribution is 2.43. The quantitative estimate of drug-likeness (QED) is 0.0205. The number of hydrogen-bond donors (Lipinski definition) is 2. The number of phosphoric ester groups is 1. The van der Waals surface area contributed by atoms with Crippen LogP contribution in [0.4, 0.5) is 0 Å². The first-order valence-corrected chi connectivity index (χ1v) is 34.6. The number of carbonyl (C=O) groups is 2. The van der Waals surface area contributed by atoms with Crippen molar-refractivity contribution in [2.24, 2.45) is 0 Å². The fourth-order valence-corrected chi connectivity index (χ4v) is 10.3. The third-order valence-electron chi connectivity index (χ3n) is 14.7. The maximum atomic E-state index is 13.6. The lowest BCUT2D eigenvalue weighted by Gasteiger charge is -2.27. The zero-order chi connectivity index (χ0) is 57.2. The predicted molar refractivity (Wildman–Crippen MR) is 337 cm³/mol. The van der Waals surface area contributed by atoms with Gasteiger partial charge in [0.05, 0.1) is 33.8 Å². The van der Waals surface area contributed by atoms with Crippen LogP contribution in [0, 0.1) is 0 Å². The van der Waals surface area contributed by atoms with Gasteiger partial charge in [-0.25, -0.2) is 4.57 Å². The third kappa shape index (κ3) is 58.4. The largest absolute Gasteiger partial charge is 0.472 e. The Morgan fingerprint density at radius 3 is 1.24 bits per heavy atom. The molecule has 2 N–H and O–H groups in total. The molecule has 0 spiro atoms. The number of esters is 1. The monoisotopic (exact) mass is 1120 g/mol. The summed E-state index contributed by atoms with van der Waals surface area (Å²) in [5.74, 6) is -0.506. The van der Waals surface area contributed by atoms with E-state index in [-0.39, 0.29) is 31.5 Å². The first kappa shape index (κ1) is 75.7. The molecule has 0 aromatic carbocycles. The van der Waals surface area contributed by atoms with Crippen molar-refractivity contribution in [2.75, 3.05) is 40.9 Å².